The molecular formula is C20H23N3O4S. The van der Waals surface area contributed by atoms with Crippen LogP contribution in [0.3, 0.4) is 0 Å². The van der Waals surface area contributed by atoms with Crippen LogP contribution in [0.5, 0.6) is 0 Å². The number of nitro groups is 1. The molecule has 0 unspecified atom stereocenters. The van der Waals surface area contributed by atoms with E-state index in [4.69, 9.17) is 0 Å². The van der Waals surface area contributed by atoms with Crippen molar-refractivity contribution >= 4 is 35.0 Å². The van der Waals surface area contributed by atoms with Gasteiger partial charge in [-0.3, -0.25) is 19.7 Å². The van der Waals surface area contributed by atoms with Crippen LogP contribution in [0.15, 0.2) is 59.5 Å². The molecule has 0 aliphatic carbocycles. The lowest BCUT2D eigenvalue weighted by Crippen LogP contribution is -2.26. The Morgan fingerprint density at radius 3 is 2.32 bits per heavy atom. The number of nitrogens with zero attached hydrogens (tertiary/aromatic N) is 1. The maximum atomic E-state index is 11.8. The number of non-ortho nitro benzene ring substituents is 1. The molecular weight excluding hydrogens is 378 g/mol. The minimum absolute atomic E-state index is 0.00488. The summed E-state index contributed by atoms with van der Waals surface area (Å²) < 4.78 is 0. The first-order chi connectivity index (χ1) is 13.5. The highest BCUT2D eigenvalue weighted by atomic mass is 32.2. The van der Waals surface area contributed by atoms with E-state index in [-0.39, 0.29) is 23.3 Å². The molecule has 0 spiro atoms. The van der Waals surface area contributed by atoms with Gasteiger partial charge in [0.2, 0.25) is 11.8 Å². The van der Waals surface area contributed by atoms with E-state index in [1.807, 2.05) is 30.3 Å². The highest BCUT2D eigenvalue weighted by Crippen LogP contribution is 2.21. The molecule has 0 heterocycles. The van der Waals surface area contributed by atoms with E-state index >= 15 is 0 Å². The van der Waals surface area contributed by atoms with Crippen LogP contribution in [0, 0.1) is 10.1 Å². The van der Waals surface area contributed by atoms with Crippen molar-refractivity contribution in [2.45, 2.75) is 30.6 Å². The predicted molar refractivity (Wildman–Crippen MR) is 110 cm³/mol. The lowest BCUT2D eigenvalue weighted by molar-refractivity contribution is -0.384. The number of anilines is 1. The van der Waals surface area contributed by atoms with Crippen LogP contribution in [-0.4, -0.2) is 29.0 Å². The van der Waals surface area contributed by atoms with E-state index in [1.54, 1.807) is 12.1 Å². The second-order valence-corrected chi connectivity index (χ2v) is 7.16. The summed E-state index contributed by atoms with van der Waals surface area (Å²) in [5, 5.41) is 16.3. The highest BCUT2D eigenvalue weighted by Gasteiger charge is 2.06. The third-order valence-electron chi connectivity index (χ3n) is 3.88. The molecule has 0 radical (unpaired) electrons. The summed E-state index contributed by atoms with van der Waals surface area (Å²) in [4.78, 5) is 34.6. The van der Waals surface area contributed by atoms with E-state index in [2.05, 4.69) is 10.6 Å². The van der Waals surface area contributed by atoms with Crippen molar-refractivity contribution in [2.75, 3.05) is 17.6 Å². The fourth-order valence-electron chi connectivity index (χ4n) is 2.42. The van der Waals surface area contributed by atoms with Gasteiger partial charge in [-0.1, -0.05) is 24.6 Å². The van der Waals surface area contributed by atoms with Gasteiger partial charge >= 0.3 is 0 Å². The van der Waals surface area contributed by atoms with Crippen LogP contribution in [0.25, 0.3) is 0 Å². The molecule has 0 aliphatic rings. The lowest BCUT2D eigenvalue weighted by atomic mass is 10.2. The number of amides is 2. The fraction of sp³-hybridized carbons (Fsp3) is 0.300. The summed E-state index contributed by atoms with van der Waals surface area (Å²) in [6, 6.07) is 15.5. The van der Waals surface area contributed by atoms with Gasteiger partial charge in [0, 0.05) is 35.7 Å². The maximum Gasteiger partial charge on any atom is 0.269 e. The second-order valence-electron chi connectivity index (χ2n) is 6.11. The van der Waals surface area contributed by atoms with Crippen LogP contribution >= 0.6 is 11.8 Å². The molecule has 148 valence electrons. The molecule has 0 fully saturated rings. The van der Waals surface area contributed by atoms with Gasteiger partial charge in [0.1, 0.15) is 0 Å². The van der Waals surface area contributed by atoms with Crippen LogP contribution in [-0.2, 0) is 9.59 Å². The molecule has 8 heteroatoms. The molecule has 2 N–H and O–H groups in total. The first-order valence-corrected chi connectivity index (χ1v) is 10.0. The number of rotatable bonds is 11. The average Bonchev–Trinajstić information content (AvgIpc) is 2.70. The zero-order chi connectivity index (χ0) is 20.2. The molecule has 0 aromatic heterocycles. The molecule has 0 aliphatic heterocycles. The third-order valence-corrected chi connectivity index (χ3v) is 4.89. The molecule has 0 saturated heterocycles. The van der Waals surface area contributed by atoms with E-state index in [9.17, 15) is 19.7 Å². The summed E-state index contributed by atoms with van der Waals surface area (Å²) in [5.41, 5.74) is 0.830. The molecule has 0 saturated carbocycles. The Hall–Kier alpha value is -2.87. The van der Waals surface area contributed by atoms with Crippen molar-refractivity contribution in [2.24, 2.45) is 0 Å². The fourth-order valence-corrected chi connectivity index (χ4v) is 3.15. The van der Waals surface area contributed by atoms with E-state index in [1.165, 1.54) is 23.9 Å². The van der Waals surface area contributed by atoms with Gasteiger partial charge in [-0.15, -0.1) is 11.8 Å². The van der Waals surface area contributed by atoms with E-state index < -0.39 is 4.92 Å². The van der Waals surface area contributed by atoms with Crippen molar-refractivity contribution in [3.8, 4) is 0 Å². The maximum absolute atomic E-state index is 11.8. The van der Waals surface area contributed by atoms with Crippen LogP contribution in [0.1, 0.15) is 25.7 Å². The van der Waals surface area contributed by atoms with Gasteiger partial charge in [-0.2, -0.15) is 0 Å². The van der Waals surface area contributed by atoms with Gasteiger partial charge in [-0.25, -0.2) is 0 Å². The Balaban J connectivity index is 1.51. The van der Waals surface area contributed by atoms with Crippen LogP contribution in [0.2, 0.25) is 0 Å². The van der Waals surface area contributed by atoms with E-state index in [0.717, 1.165) is 29.8 Å². The number of hydrogen-bond acceptors (Lipinski definition) is 5. The zero-order valence-corrected chi connectivity index (χ0v) is 16.2. The summed E-state index contributed by atoms with van der Waals surface area (Å²) in [7, 11) is 0. The SMILES string of the molecule is O=C(CSc1ccc([N+](=O)[O-])cc1)NCCCCCC(=O)Nc1ccccc1. The number of unbranched alkanes of at least 4 members (excludes halogenated alkanes) is 2. The normalized spacial score (nSPS) is 10.3. The second kappa shape index (κ2) is 11.8. The Kier molecular flexibility index (Phi) is 9.00. The number of nitrogens with one attached hydrogen (secondary N) is 2. The summed E-state index contributed by atoms with van der Waals surface area (Å²) >= 11 is 1.33. The smallest absolute Gasteiger partial charge is 0.269 e. The van der Waals surface area contributed by atoms with Crippen molar-refractivity contribution in [1.82, 2.24) is 5.32 Å². The summed E-state index contributed by atoms with van der Waals surface area (Å²) in [6.45, 7) is 0.569. The number of hydrogen-bond donors (Lipinski definition) is 2. The van der Waals surface area contributed by atoms with Gasteiger partial charge in [0.05, 0.1) is 10.7 Å². The topological polar surface area (TPSA) is 101 Å². The number of benzene rings is 2. The predicted octanol–water partition coefficient (Wildman–Crippen LogP) is 4.00. The molecule has 0 bridgehead atoms. The van der Waals surface area contributed by atoms with Crippen molar-refractivity contribution in [3.63, 3.8) is 0 Å². The standard InChI is InChI=1S/C20H23N3O4S/c24-19(22-16-7-3-1-4-8-16)9-5-2-6-14-21-20(25)15-28-18-12-10-17(11-13-18)23(26)27/h1,3-4,7-8,10-13H,2,5-6,9,14-15H2,(H,21,25)(H,22,24). The first kappa shape index (κ1) is 21.4. The van der Waals surface area contributed by atoms with Crippen molar-refractivity contribution < 1.29 is 14.5 Å². The molecule has 2 aromatic carbocycles. The quantitative estimate of drug-likeness (QED) is 0.256. The van der Waals surface area contributed by atoms with E-state index in [0.29, 0.717) is 13.0 Å². The monoisotopic (exact) mass is 401 g/mol. The number of para-hydroxylation sites is 1. The van der Waals surface area contributed by atoms with Gasteiger partial charge in [0.25, 0.3) is 5.69 Å². The van der Waals surface area contributed by atoms with Gasteiger partial charge < -0.3 is 10.6 Å². The van der Waals surface area contributed by atoms with Gasteiger partial charge in [0.15, 0.2) is 0 Å². The number of thioether (sulfide) groups is 1. The first-order valence-electron chi connectivity index (χ1n) is 9.03. The van der Waals surface area contributed by atoms with Gasteiger partial charge in [-0.05, 0) is 37.1 Å². The average molecular weight is 401 g/mol. The van der Waals surface area contributed by atoms with Crippen molar-refractivity contribution in [1.29, 1.82) is 0 Å². The number of nitro benzene ring substituents is 1. The zero-order valence-electron chi connectivity index (χ0n) is 15.4. The lowest BCUT2D eigenvalue weighted by Gasteiger charge is -2.06. The Morgan fingerprint density at radius 2 is 1.64 bits per heavy atom. The highest BCUT2D eigenvalue weighted by molar-refractivity contribution is 8.00. The Labute approximate surface area is 168 Å². The molecule has 28 heavy (non-hydrogen) atoms. The molecule has 7 nitrogen and oxygen atoms in total. The number of carbonyl (C=O) groups excluding carboxylic acids is 2. The largest absolute Gasteiger partial charge is 0.355 e. The number of carbonyl (C=O) groups is 2. The Bertz CT molecular complexity index is 782. The third kappa shape index (κ3) is 8.22. The van der Waals surface area contributed by atoms with Crippen LogP contribution in [0.4, 0.5) is 11.4 Å². The molecule has 2 rings (SSSR count). The molecule has 2 aromatic rings. The molecule has 2 amide bonds. The van der Waals surface area contributed by atoms with Crippen LogP contribution < -0.4 is 10.6 Å². The molecule has 0 atom stereocenters. The van der Waals surface area contributed by atoms with Crippen molar-refractivity contribution in [3.05, 3.63) is 64.7 Å². The summed E-state index contributed by atoms with van der Waals surface area (Å²) in [6.07, 6.45) is 2.90. The minimum Gasteiger partial charge on any atom is -0.355 e. The Morgan fingerprint density at radius 1 is 0.929 bits per heavy atom. The minimum atomic E-state index is -0.452. The summed E-state index contributed by atoms with van der Waals surface area (Å²) in [5.74, 6) is 0.178.